The van der Waals surface area contributed by atoms with Crippen molar-refractivity contribution < 1.29 is 13.2 Å². The van der Waals surface area contributed by atoms with Crippen molar-refractivity contribution in [2.45, 2.75) is 24.8 Å². The van der Waals surface area contributed by atoms with Gasteiger partial charge in [0.2, 0.25) is 0 Å². The average molecular weight is 276 g/mol. The van der Waals surface area contributed by atoms with E-state index in [4.69, 9.17) is 10.5 Å². The number of hydrogen-bond acceptors (Lipinski definition) is 5. The van der Waals surface area contributed by atoms with Crippen molar-refractivity contribution in [3.05, 3.63) is 0 Å². The Balaban J connectivity index is 2.09. The molecule has 0 saturated carbocycles. The maximum Gasteiger partial charge on any atom is 0.152 e. The van der Waals surface area contributed by atoms with Crippen LogP contribution in [0.2, 0.25) is 0 Å². The minimum absolute atomic E-state index is 0.232. The first kappa shape index (κ1) is 14.2. The van der Waals surface area contributed by atoms with Crippen LogP contribution >= 0.6 is 0 Å². The number of likely N-dealkylation sites (tertiary alicyclic amines) is 1. The molecule has 2 aliphatic rings. The molecule has 2 N–H and O–H groups in total. The predicted octanol–water partition coefficient (Wildman–Crippen LogP) is -0.139. The Bertz CT molecular complexity index is 385. The van der Waals surface area contributed by atoms with E-state index >= 15 is 0 Å². The molecule has 0 aromatic rings. The molecule has 0 aromatic heterocycles. The van der Waals surface area contributed by atoms with Gasteiger partial charge in [-0.3, -0.25) is 4.90 Å². The second kappa shape index (κ2) is 5.45. The van der Waals surface area contributed by atoms with Crippen LogP contribution in [-0.2, 0) is 14.6 Å². The van der Waals surface area contributed by atoms with Gasteiger partial charge in [0.15, 0.2) is 9.84 Å². The standard InChI is InChI=1S/C12H24N2O3S/c1-17-8-11-3-5-14(7-11)12(9-13)4-2-6-18(15,16)10-12/h11H,2-10,13H2,1H3. The molecule has 6 heteroatoms. The molecule has 5 nitrogen and oxygen atoms in total. The van der Waals surface area contributed by atoms with Gasteiger partial charge in [0.1, 0.15) is 0 Å². The molecular formula is C12H24N2O3S. The first-order chi connectivity index (χ1) is 8.51. The smallest absolute Gasteiger partial charge is 0.152 e. The molecule has 0 aromatic carbocycles. The highest BCUT2D eigenvalue weighted by molar-refractivity contribution is 7.91. The number of hydrogen-bond donors (Lipinski definition) is 1. The largest absolute Gasteiger partial charge is 0.384 e. The molecule has 2 heterocycles. The maximum absolute atomic E-state index is 11.9. The quantitative estimate of drug-likeness (QED) is 0.774. The van der Waals surface area contributed by atoms with Crippen LogP contribution in [0.25, 0.3) is 0 Å². The lowest BCUT2D eigenvalue weighted by atomic mass is 9.93. The van der Waals surface area contributed by atoms with E-state index in [1.807, 2.05) is 0 Å². The summed E-state index contributed by atoms with van der Waals surface area (Å²) < 4.78 is 29.0. The van der Waals surface area contributed by atoms with Crippen molar-refractivity contribution >= 4 is 9.84 Å². The van der Waals surface area contributed by atoms with E-state index in [1.165, 1.54) is 0 Å². The molecule has 0 spiro atoms. The van der Waals surface area contributed by atoms with Gasteiger partial charge in [0, 0.05) is 25.7 Å². The fourth-order valence-corrected chi connectivity index (χ4v) is 5.34. The zero-order valence-corrected chi connectivity index (χ0v) is 11.9. The monoisotopic (exact) mass is 276 g/mol. The Morgan fingerprint density at radius 2 is 2.28 bits per heavy atom. The van der Waals surface area contributed by atoms with Crippen molar-refractivity contribution in [3.8, 4) is 0 Å². The number of rotatable bonds is 4. The summed E-state index contributed by atoms with van der Waals surface area (Å²) >= 11 is 0. The molecule has 0 radical (unpaired) electrons. The number of methoxy groups -OCH3 is 1. The molecule has 2 atom stereocenters. The summed E-state index contributed by atoms with van der Waals surface area (Å²) in [6.45, 7) is 3.05. The van der Waals surface area contributed by atoms with Gasteiger partial charge in [-0.25, -0.2) is 8.42 Å². The second-order valence-corrected chi connectivity index (χ2v) is 7.86. The average Bonchev–Trinajstić information content (AvgIpc) is 2.77. The summed E-state index contributed by atoms with van der Waals surface area (Å²) in [6.07, 6.45) is 2.73. The topological polar surface area (TPSA) is 72.6 Å². The highest BCUT2D eigenvalue weighted by atomic mass is 32.2. The lowest BCUT2D eigenvalue weighted by Gasteiger charge is -2.43. The summed E-state index contributed by atoms with van der Waals surface area (Å²) in [6, 6.07) is 0. The summed E-state index contributed by atoms with van der Waals surface area (Å²) in [4.78, 5) is 2.30. The van der Waals surface area contributed by atoms with Crippen LogP contribution in [0.3, 0.4) is 0 Å². The van der Waals surface area contributed by atoms with Gasteiger partial charge in [-0.05, 0) is 31.7 Å². The van der Waals surface area contributed by atoms with E-state index in [0.717, 1.165) is 39.0 Å². The van der Waals surface area contributed by atoms with Crippen molar-refractivity contribution in [3.63, 3.8) is 0 Å². The Hall–Kier alpha value is -0.170. The summed E-state index contributed by atoms with van der Waals surface area (Å²) in [5, 5.41) is 0. The van der Waals surface area contributed by atoms with E-state index < -0.39 is 9.84 Å². The third-order valence-corrected chi connectivity index (χ3v) is 6.21. The zero-order chi connectivity index (χ0) is 13.2. The lowest BCUT2D eigenvalue weighted by Crippen LogP contribution is -2.59. The van der Waals surface area contributed by atoms with Crippen molar-refractivity contribution in [2.24, 2.45) is 11.7 Å². The van der Waals surface area contributed by atoms with Gasteiger partial charge >= 0.3 is 0 Å². The number of sulfone groups is 1. The Morgan fingerprint density at radius 3 is 2.89 bits per heavy atom. The van der Waals surface area contributed by atoms with E-state index in [2.05, 4.69) is 4.90 Å². The molecular weight excluding hydrogens is 252 g/mol. The van der Waals surface area contributed by atoms with E-state index in [9.17, 15) is 8.42 Å². The number of ether oxygens (including phenoxy) is 1. The summed E-state index contributed by atoms with van der Waals surface area (Å²) in [5.74, 6) is 1.07. The molecule has 0 bridgehead atoms. The summed E-state index contributed by atoms with van der Waals surface area (Å²) in [7, 11) is -1.21. The van der Waals surface area contributed by atoms with Crippen molar-refractivity contribution in [1.29, 1.82) is 0 Å². The third kappa shape index (κ3) is 2.87. The highest BCUT2D eigenvalue weighted by Crippen LogP contribution is 2.33. The van der Waals surface area contributed by atoms with Crippen molar-refractivity contribution in [1.82, 2.24) is 4.90 Å². The predicted molar refractivity (Wildman–Crippen MR) is 71.2 cm³/mol. The van der Waals surface area contributed by atoms with Crippen LogP contribution in [0.5, 0.6) is 0 Å². The molecule has 0 aliphatic carbocycles. The fraction of sp³-hybridized carbons (Fsp3) is 1.00. The maximum atomic E-state index is 11.9. The Labute approximate surface area is 110 Å². The molecule has 2 unspecified atom stereocenters. The van der Waals surface area contributed by atoms with Gasteiger partial charge in [-0.2, -0.15) is 0 Å². The highest BCUT2D eigenvalue weighted by Gasteiger charge is 2.44. The normalized spacial score (nSPS) is 36.9. The van der Waals surface area contributed by atoms with Crippen LogP contribution < -0.4 is 5.73 Å². The first-order valence-corrected chi connectivity index (χ1v) is 8.48. The SMILES string of the molecule is COCC1CCN(C2(CN)CCCS(=O)(=O)C2)C1. The van der Waals surface area contributed by atoms with Crippen LogP contribution in [-0.4, -0.2) is 63.7 Å². The zero-order valence-electron chi connectivity index (χ0n) is 11.1. The Morgan fingerprint density at radius 1 is 1.50 bits per heavy atom. The molecule has 2 rings (SSSR count). The minimum atomic E-state index is -2.92. The first-order valence-electron chi connectivity index (χ1n) is 6.66. The molecule has 2 aliphatic heterocycles. The van der Waals surface area contributed by atoms with Gasteiger partial charge in [0.25, 0.3) is 0 Å². The van der Waals surface area contributed by atoms with E-state index in [-0.39, 0.29) is 11.3 Å². The molecule has 2 fully saturated rings. The Kier molecular flexibility index (Phi) is 4.31. The van der Waals surface area contributed by atoms with Gasteiger partial charge in [0.05, 0.1) is 18.1 Å². The summed E-state index contributed by atoms with van der Waals surface area (Å²) in [5.41, 5.74) is 5.60. The molecule has 18 heavy (non-hydrogen) atoms. The van der Waals surface area contributed by atoms with Crippen LogP contribution in [0.1, 0.15) is 19.3 Å². The van der Waals surface area contributed by atoms with Gasteiger partial charge < -0.3 is 10.5 Å². The van der Waals surface area contributed by atoms with Crippen LogP contribution in [0.4, 0.5) is 0 Å². The van der Waals surface area contributed by atoms with Gasteiger partial charge in [-0.15, -0.1) is 0 Å². The number of nitrogens with zero attached hydrogens (tertiary/aromatic N) is 1. The van der Waals surface area contributed by atoms with Crippen LogP contribution in [0, 0.1) is 5.92 Å². The fourth-order valence-electron chi connectivity index (χ4n) is 3.35. The molecule has 106 valence electrons. The molecule has 2 saturated heterocycles. The van der Waals surface area contributed by atoms with Crippen LogP contribution in [0.15, 0.2) is 0 Å². The second-order valence-electron chi connectivity index (χ2n) is 5.68. The van der Waals surface area contributed by atoms with Crippen molar-refractivity contribution in [2.75, 3.05) is 44.9 Å². The lowest BCUT2D eigenvalue weighted by molar-refractivity contribution is 0.108. The van der Waals surface area contributed by atoms with E-state index in [1.54, 1.807) is 7.11 Å². The minimum Gasteiger partial charge on any atom is -0.384 e. The number of nitrogens with two attached hydrogens (primary N) is 1. The third-order valence-electron chi connectivity index (χ3n) is 4.33. The van der Waals surface area contributed by atoms with Gasteiger partial charge in [-0.1, -0.05) is 0 Å². The molecule has 0 amide bonds. The van der Waals surface area contributed by atoms with E-state index in [0.29, 0.717) is 18.2 Å².